The summed E-state index contributed by atoms with van der Waals surface area (Å²) in [5.74, 6) is 0.329. The number of hydrogen-bond donors (Lipinski definition) is 1. The van der Waals surface area contributed by atoms with Crippen LogP contribution in [0.5, 0.6) is 0 Å². The number of carbonyl (C=O) groups is 1. The van der Waals surface area contributed by atoms with E-state index in [1.807, 2.05) is 18.4 Å². The van der Waals surface area contributed by atoms with Gasteiger partial charge < -0.3 is 5.32 Å². The Hall–Kier alpha value is -3.46. The molecule has 1 atom stereocenters. The van der Waals surface area contributed by atoms with E-state index in [2.05, 4.69) is 31.0 Å². The number of rotatable bonds is 3. The summed E-state index contributed by atoms with van der Waals surface area (Å²) in [7, 11) is 0. The van der Waals surface area contributed by atoms with Crippen molar-refractivity contribution in [3.63, 3.8) is 0 Å². The zero-order valence-electron chi connectivity index (χ0n) is 15.3. The number of halogens is 1. The SMILES string of the molecule is Cc1nn(-c2nncc(-c3ccc(F)cc3)n2)c2c1[C@@H](c1ccsc1)CC(=O)N2. The van der Waals surface area contributed by atoms with Crippen LogP contribution in [0.4, 0.5) is 10.2 Å². The highest BCUT2D eigenvalue weighted by Crippen LogP contribution is 2.40. The smallest absolute Gasteiger partial charge is 0.272 e. The molecule has 5 rings (SSSR count). The molecule has 144 valence electrons. The highest BCUT2D eigenvalue weighted by atomic mass is 32.1. The number of aryl methyl sites for hydroxylation is 1. The first-order valence-corrected chi connectivity index (χ1v) is 9.92. The summed E-state index contributed by atoms with van der Waals surface area (Å²) in [6, 6.07) is 8.01. The maximum atomic E-state index is 13.2. The lowest BCUT2D eigenvalue weighted by Crippen LogP contribution is -2.25. The highest BCUT2D eigenvalue weighted by molar-refractivity contribution is 7.08. The van der Waals surface area contributed by atoms with Gasteiger partial charge in [-0.05, 0) is 53.6 Å². The number of anilines is 1. The van der Waals surface area contributed by atoms with Crippen molar-refractivity contribution >= 4 is 23.1 Å². The topological polar surface area (TPSA) is 85.6 Å². The molecule has 1 aliphatic rings. The van der Waals surface area contributed by atoms with Gasteiger partial charge >= 0.3 is 0 Å². The van der Waals surface area contributed by atoms with E-state index in [1.165, 1.54) is 23.0 Å². The summed E-state index contributed by atoms with van der Waals surface area (Å²) < 4.78 is 14.7. The van der Waals surface area contributed by atoms with Gasteiger partial charge in [0.1, 0.15) is 11.6 Å². The van der Waals surface area contributed by atoms with Gasteiger partial charge in [0.15, 0.2) is 0 Å². The summed E-state index contributed by atoms with van der Waals surface area (Å²) in [4.78, 5) is 16.9. The highest BCUT2D eigenvalue weighted by Gasteiger charge is 2.33. The Bertz CT molecular complexity index is 1200. The average Bonchev–Trinajstić information content (AvgIpc) is 3.37. The van der Waals surface area contributed by atoms with Crippen LogP contribution in [0.15, 0.2) is 47.3 Å². The Kier molecular flexibility index (Phi) is 4.17. The van der Waals surface area contributed by atoms with E-state index in [1.54, 1.807) is 23.5 Å². The number of benzene rings is 1. The van der Waals surface area contributed by atoms with Crippen LogP contribution in [0.1, 0.15) is 29.2 Å². The average molecular weight is 406 g/mol. The van der Waals surface area contributed by atoms with Crippen LogP contribution >= 0.6 is 11.3 Å². The van der Waals surface area contributed by atoms with Crippen LogP contribution in [0.2, 0.25) is 0 Å². The van der Waals surface area contributed by atoms with E-state index in [0.29, 0.717) is 23.5 Å². The fourth-order valence-corrected chi connectivity index (χ4v) is 4.31. The standard InChI is InChI=1S/C20H15FN6OS/c1-11-18-15(13-6-7-29-10-13)8-17(28)24-19(18)27(26-11)20-23-16(9-22-25-20)12-2-4-14(21)5-3-12/h2-7,9-10,15H,8H2,1H3,(H,24,28)/t15-/m1/s1. The van der Waals surface area contributed by atoms with Gasteiger partial charge in [0.2, 0.25) is 5.91 Å². The normalized spacial score (nSPS) is 15.8. The number of amides is 1. The minimum atomic E-state index is -0.324. The first kappa shape index (κ1) is 17.6. The molecular formula is C20H15FN6OS. The quantitative estimate of drug-likeness (QED) is 0.561. The van der Waals surface area contributed by atoms with Gasteiger partial charge in [-0.25, -0.2) is 9.37 Å². The second-order valence-electron chi connectivity index (χ2n) is 6.77. The monoisotopic (exact) mass is 406 g/mol. The van der Waals surface area contributed by atoms with Crippen molar-refractivity contribution in [2.75, 3.05) is 5.32 Å². The maximum absolute atomic E-state index is 13.2. The van der Waals surface area contributed by atoms with Crippen LogP contribution in [-0.2, 0) is 4.79 Å². The minimum absolute atomic E-state index is 0.0630. The van der Waals surface area contributed by atoms with E-state index < -0.39 is 0 Å². The summed E-state index contributed by atoms with van der Waals surface area (Å²) in [6.07, 6.45) is 1.87. The van der Waals surface area contributed by atoms with Crippen LogP contribution in [0, 0.1) is 12.7 Å². The molecule has 1 amide bonds. The van der Waals surface area contributed by atoms with Crippen molar-refractivity contribution in [2.45, 2.75) is 19.3 Å². The van der Waals surface area contributed by atoms with Crippen LogP contribution in [0.3, 0.4) is 0 Å². The lowest BCUT2D eigenvalue weighted by atomic mass is 9.87. The summed E-state index contributed by atoms with van der Waals surface area (Å²) >= 11 is 1.60. The number of fused-ring (bicyclic) bond motifs is 1. The zero-order valence-corrected chi connectivity index (χ0v) is 16.2. The lowest BCUT2D eigenvalue weighted by molar-refractivity contribution is -0.116. The largest absolute Gasteiger partial charge is 0.310 e. The molecule has 0 radical (unpaired) electrons. The molecule has 29 heavy (non-hydrogen) atoms. The molecular weight excluding hydrogens is 391 g/mol. The van der Waals surface area contributed by atoms with Crippen molar-refractivity contribution < 1.29 is 9.18 Å². The molecule has 3 aromatic heterocycles. The van der Waals surface area contributed by atoms with Crippen LogP contribution in [-0.4, -0.2) is 30.9 Å². The molecule has 4 heterocycles. The van der Waals surface area contributed by atoms with E-state index in [4.69, 9.17) is 0 Å². The Labute approximate surface area is 169 Å². The zero-order chi connectivity index (χ0) is 20.0. The Morgan fingerprint density at radius 2 is 2.07 bits per heavy atom. The first-order chi connectivity index (χ1) is 14.1. The molecule has 0 bridgehead atoms. The van der Waals surface area contributed by atoms with Crippen molar-refractivity contribution in [3.05, 3.63) is 69.9 Å². The third-order valence-electron chi connectivity index (χ3n) is 4.93. The molecule has 9 heteroatoms. The van der Waals surface area contributed by atoms with Gasteiger partial charge in [-0.15, -0.1) is 5.10 Å². The Morgan fingerprint density at radius 3 is 2.83 bits per heavy atom. The summed E-state index contributed by atoms with van der Waals surface area (Å²) in [6.45, 7) is 1.91. The minimum Gasteiger partial charge on any atom is -0.310 e. The van der Waals surface area contributed by atoms with Gasteiger partial charge in [-0.2, -0.15) is 26.2 Å². The van der Waals surface area contributed by atoms with Gasteiger partial charge in [-0.3, -0.25) is 4.79 Å². The molecule has 0 aliphatic carbocycles. The number of nitrogens with one attached hydrogen (secondary N) is 1. The Balaban J connectivity index is 1.62. The molecule has 7 nitrogen and oxygen atoms in total. The summed E-state index contributed by atoms with van der Waals surface area (Å²) in [5, 5.41) is 19.7. The van der Waals surface area contributed by atoms with Gasteiger partial charge in [-0.1, -0.05) is 0 Å². The van der Waals surface area contributed by atoms with Crippen molar-refractivity contribution in [2.24, 2.45) is 0 Å². The molecule has 0 saturated carbocycles. The lowest BCUT2D eigenvalue weighted by Gasteiger charge is -2.23. The number of aromatic nitrogens is 5. The third-order valence-corrected chi connectivity index (χ3v) is 5.63. The molecule has 1 aromatic carbocycles. The first-order valence-electron chi connectivity index (χ1n) is 8.97. The molecule has 0 unspecified atom stereocenters. The Morgan fingerprint density at radius 1 is 1.24 bits per heavy atom. The number of thiophene rings is 1. The fourth-order valence-electron chi connectivity index (χ4n) is 3.59. The van der Waals surface area contributed by atoms with Gasteiger partial charge in [0, 0.05) is 23.5 Å². The van der Waals surface area contributed by atoms with E-state index in [9.17, 15) is 9.18 Å². The number of hydrogen-bond acceptors (Lipinski definition) is 6. The second kappa shape index (κ2) is 6.85. The number of carbonyl (C=O) groups excluding carboxylic acids is 1. The van der Waals surface area contributed by atoms with Gasteiger partial charge in [0.25, 0.3) is 5.95 Å². The van der Waals surface area contributed by atoms with E-state index in [0.717, 1.165) is 16.8 Å². The third kappa shape index (κ3) is 3.09. The fraction of sp³-hybridized carbons (Fsp3) is 0.150. The maximum Gasteiger partial charge on any atom is 0.272 e. The number of nitrogens with zero attached hydrogens (tertiary/aromatic N) is 5. The molecule has 0 fully saturated rings. The van der Waals surface area contributed by atoms with Crippen molar-refractivity contribution in [3.8, 4) is 17.2 Å². The van der Waals surface area contributed by atoms with E-state index in [-0.39, 0.29) is 23.6 Å². The van der Waals surface area contributed by atoms with Crippen LogP contribution < -0.4 is 5.32 Å². The molecule has 1 N–H and O–H groups in total. The van der Waals surface area contributed by atoms with Crippen LogP contribution in [0.25, 0.3) is 17.2 Å². The van der Waals surface area contributed by atoms with Gasteiger partial charge in [0.05, 0.1) is 17.6 Å². The van der Waals surface area contributed by atoms with Crippen molar-refractivity contribution in [1.82, 2.24) is 25.0 Å². The predicted octanol–water partition coefficient (Wildman–Crippen LogP) is 3.71. The molecule has 0 saturated heterocycles. The predicted molar refractivity (Wildman–Crippen MR) is 106 cm³/mol. The second-order valence-corrected chi connectivity index (χ2v) is 7.55. The summed E-state index contributed by atoms with van der Waals surface area (Å²) in [5.41, 5.74) is 4.09. The van der Waals surface area contributed by atoms with E-state index >= 15 is 0 Å². The molecule has 4 aromatic rings. The molecule has 1 aliphatic heterocycles. The van der Waals surface area contributed by atoms with Crippen molar-refractivity contribution in [1.29, 1.82) is 0 Å². The molecule has 0 spiro atoms.